The van der Waals surface area contributed by atoms with Crippen LogP contribution in [0.1, 0.15) is 24.5 Å². The topological polar surface area (TPSA) is 22.1 Å². The Morgan fingerprint density at radius 2 is 2.00 bits per heavy atom. The Labute approximate surface area is 108 Å². The van der Waals surface area contributed by atoms with Crippen LogP contribution < -0.4 is 4.74 Å². The van der Waals surface area contributed by atoms with Gasteiger partial charge in [0.25, 0.3) is 0 Å². The average molecular weight is 239 g/mol. The number of benzene rings is 1. The van der Waals surface area contributed by atoms with E-state index in [4.69, 9.17) is 4.74 Å². The summed E-state index contributed by atoms with van der Waals surface area (Å²) in [4.78, 5) is 4.05. The molecule has 0 saturated carbocycles. The van der Waals surface area contributed by atoms with E-state index in [0.29, 0.717) is 0 Å². The van der Waals surface area contributed by atoms with Crippen LogP contribution in [0.15, 0.2) is 48.8 Å². The fraction of sp³-hybridized carbons (Fsp3) is 0.188. The highest BCUT2D eigenvalue weighted by atomic mass is 16.5. The van der Waals surface area contributed by atoms with E-state index >= 15 is 0 Å². The summed E-state index contributed by atoms with van der Waals surface area (Å²) in [5.41, 5.74) is 3.67. The standard InChI is InChI=1S/C16H17NO/c1-3-14(15-7-9-17-10-8-15)11-13-5-4-6-16(12-13)18-2/h4-12H,3H2,1-2H3. The molecule has 2 rings (SSSR count). The molecule has 2 nitrogen and oxygen atoms in total. The first-order valence-corrected chi connectivity index (χ1v) is 6.08. The molecule has 0 fully saturated rings. The first-order valence-electron chi connectivity index (χ1n) is 6.08. The zero-order valence-electron chi connectivity index (χ0n) is 10.8. The molecule has 0 atom stereocenters. The van der Waals surface area contributed by atoms with Crippen molar-refractivity contribution in [3.8, 4) is 5.75 Å². The van der Waals surface area contributed by atoms with Gasteiger partial charge in [0.05, 0.1) is 7.11 Å². The normalized spacial score (nSPS) is 11.3. The number of ether oxygens (including phenoxy) is 1. The predicted octanol–water partition coefficient (Wildman–Crippen LogP) is 4.04. The highest BCUT2D eigenvalue weighted by Gasteiger charge is 2.00. The van der Waals surface area contributed by atoms with Crippen LogP contribution >= 0.6 is 0 Å². The third-order valence-corrected chi connectivity index (χ3v) is 2.87. The molecule has 0 aliphatic heterocycles. The molecule has 0 N–H and O–H groups in total. The van der Waals surface area contributed by atoms with Gasteiger partial charge < -0.3 is 4.74 Å². The monoisotopic (exact) mass is 239 g/mol. The van der Waals surface area contributed by atoms with E-state index in [-0.39, 0.29) is 0 Å². The van der Waals surface area contributed by atoms with Crippen molar-refractivity contribution < 1.29 is 4.74 Å². The van der Waals surface area contributed by atoms with E-state index in [1.807, 2.05) is 42.7 Å². The Morgan fingerprint density at radius 1 is 1.22 bits per heavy atom. The van der Waals surface area contributed by atoms with Crippen molar-refractivity contribution in [1.29, 1.82) is 0 Å². The van der Waals surface area contributed by atoms with Crippen molar-refractivity contribution in [2.75, 3.05) is 7.11 Å². The van der Waals surface area contributed by atoms with Gasteiger partial charge in [-0.15, -0.1) is 0 Å². The van der Waals surface area contributed by atoms with Crippen molar-refractivity contribution in [2.24, 2.45) is 0 Å². The molecule has 0 spiro atoms. The quantitative estimate of drug-likeness (QED) is 0.803. The van der Waals surface area contributed by atoms with Crippen LogP contribution in [0.2, 0.25) is 0 Å². The predicted molar refractivity (Wildman–Crippen MR) is 75.4 cm³/mol. The fourth-order valence-electron chi connectivity index (χ4n) is 1.89. The van der Waals surface area contributed by atoms with Crippen molar-refractivity contribution >= 4 is 11.6 Å². The summed E-state index contributed by atoms with van der Waals surface area (Å²) in [6.07, 6.45) is 6.83. The maximum absolute atomic E-state index is 5.24. The molecule has 0 aliphatic carbocycles. The first-order chi connectivity index (χ1) is 8.83. The Bertz CT molecular complexity index is 532. The number of pyridine rings is 1. The van der Waals surface area contributed by atoms with Gasteiger partial charge in [-0.2, -0.15) is 0 Å². The highest BCUT2D eigenvalue weighted by molar-refractivity contribution is 5.81. The number of aromatic nitrogens is 1. The Morgan fingerprint density at radius 3 is 2.67 bits per heavy atom. The number of nitrogens with zero attached hydrogens (tertiary/aromatic N) is 1. The van der Waals surface area contributed by atoms with Gasteiger partial charge in [0.15, 0.2) is 0 Å². The van der Waals surface area contributed by atoms with Crippen LogP contribution in [0.25, 0.3) is 11.6 Å². The molecule has 0 aliphatic rings. The summed E-state index contributed by atoms with van der Waals surface area (Å²) in [6.45, 7) is 2.16. The van der Waals surface area contributed by atoms with Crippen LogP contribution in [0.4, 0.5) is 0 Å². The van der Waals surface area contributed by atoms with Crippen LogP contribution in [0.5, 0.6) is 5.75 Å². The van der Waals surface area contributed by atoms with Crippen molar-refractivity contribution in [1.82, 2.24) is 4.98 Å². The second-order valence-electron chi connectivity index (χ2n) is 4.04. The largest absolute Gasteiger partial charge is 0.497 e. The zero-order valence-corrected chi connectivity index (χ0v) is 10.8. The maximum atomic E-state index is 5.24. The number of rotatable bonds is 4. The number of allylic oxidation sites excluding steroid dienone is 1. The van der Waals surface area contributed by atoms with Gasteiger partial charge in [-0.1, -0.05) is 25.1 Å². The lowest BCUT2D eigenvalue weighted by Gasteiger charge is -2.06. The summed E-state index contributed by atoms with van der Waals surface area (Å²) in [6, 6.07) is 12.2. The molecule has 1 aromatic heterocycles. The van der Waals surface area contributed by atoms with E-state index < -0.39 is 0 Å². The molecular formula is C16H17NO. The summed E-state index contributed by atoms with van der Waals surface area (Å²) in [5.74, 6) is 0.883. The van der Waals surface area contributed by atoms with Gasteiger partial charge in [0.2, 0.25) is 0 Å². The first kappa shape index (κ1) is 12.4. The van der Waals surface area contributed by atoms with E-state index in [1.54, 1.807) is 7.11 Å². The third-order valence-electron chi connectivity index (χ3n) is 2.87. The van der Waals surface area contributed by atoms with Crippen molar-refractivity contribution in [2.45, 2.75) is 13.3 Å². The van der Waals surface area contributed by atoms with E-state index in [2.05, 4.69) is 24.1 Å². The molecule has 0 radical (unpaired) electrons. The van der Waals surface area contributed by atoms with E-state index in [9.17, 15) is 0 Å². The van der Waals surface area contributed by atoms with E-state index in [1.165, 1.54) is 11.1 Å². The number of hydrogen-bond donors (Lipinski definition) is 0. The minimum Gasteiger partial charge on any atom is -0.497 e. The number of methoxy groups -OCH3 is 1. The third kappa shape index (κ3) is 2.98. The summed E-state index contributed by atoms with van der Waals surface area (Å²) in [7, 11) is 1.69. The second kappa shape index (κ2) is 6.01. The lowest BCUT2D eigenvalue weighted by Crippen LogP contribution is -1.85. The van der Waals surface area contributed by atoms with Crippen molar-refractivity contribution in [3.63, 3.8) is 0 Å². The summed E-state index contributed by atoms with van der Waals surface area (Å²) >= 11 is 0. The molecule has 2 aromatic rings. The molecule has 18 heavy (non-hydrogen) atoms. The van der Waals surface area contributed by atoms with Gasteiger partial charge >= 0.3 is 0 Å². The SMILES string of the molecule is CCC(=Cc1cccc(OC)c1)c1ccncc1. The smallest absolute Gasteiger partial charge is 0.119 e. The summed E-state index contributed by atoms with van der Waals surface area (Å²) < 4.78 is 5.24. The lowest BCUT2D eigenvalue weighted by atomic mass is 10.0. The van der Waals surface area contributed by atoms with Crippen molar-refractivity contribution in [3.05, 3.63) is 59.9 Å². The Hall–Kier alpha value is -2.09. The van der Waals surface area contributed by atoms with Gasteiger partial charge in [-0.3, -0.25) is 4.98 Å². The molecule has 1 heterocycles. The zero-order chi connectivity index (χ0) is 12.8. The minimum absolute atomic E-state index is 0.883. The number of hydrogen-bond acceptors (Lipinski definition) is 2. The Balaban J connectivity index is 2.34. The highest BCUT2D eigenvalue weighted by Crippen LogP contribution is 2.22. The molecule has 0 amide bonds. The minimum atomic E-state index is 0.883. The van der Waals surface area contributed by atoms with Crippen LogP contribution in [-0.4, -0.2) is 12.1 Å². The molecule has 0 saturated heterocycles. The van der Waals surface area contributed by atoms with Crippen LogP contribution in [0, 0.1) is 0 Å². The second-order valence-corrected chi connectivity index (χ2v) is 4.04. The molecule has 0 unspecified atom stereocenters. The van der Waals surface area contributed by atoms with Gasteiger partial charge in [-0.25, -0.2) is 0 Å². The summed E-state index contributed by atoms with van der Waals surface area (Å²) in [5, 5.41) is 0. The Kier molecular flexibility index (Phi) is 4.13. The van der Waals surface area contributed by atoms with Gasteiger partial charge in [0, 0.05) is 12.4 Å². The van der Waals surface area contributed by atoms with Gasteiger partial charge in [-0.05, 0) is 47.4 Å². The molecule has 1 aromatic carbocycles. The molecule has 92 valence electrons. The van der Waals surface area contributed by atoms with Crippen LogP contribution in [0.3, 0.4) is 0 Å². The molecular weight excluding hydrogens is 222 g/mol. The fourth-order valence-corrected chi connectivity index (χ4v) is 1.89. The average Bonchev–Trinajstić information content (AvgIpc) is 2.46. The molecule has 0 bridgehead atoms. The molecule has 2 heteroatoms. The van der Waals surface area contributed by atoms with E-state index in [0.717, 1.165) is 17.7 Å². The van der Waals surface area contributed by atoms with Crippen LogP contribution in [-0.2, 0) is 0 Å². The maximum Gasteiger partial charge on any atom is 0.119 e. The van der Waals surface area contributed by atoms with Gasteiger partial charge in [0.1, 0.15) is 5.75 Å². The lowest BCUT2D eigenvalue weighted by molar-refractivity contribution is 0.414.